The minimum atomic E-state index is -0.0993. The molecule has 0 aliphatic heterocycles. The lowest BCUT2D eigenvalue weighted by Crippen LogP contribution is -2.15. The van der Waals surface area contributed by atoms with Crippen molar-refractivity contribution in [3.63, 3.8) is 0 Å². The smallest absolute Gasteiger partial charge is 0.234 e. The molecule has 28 heavy (non-hydrogen) atoms. The Morgan fingerprint density at radius 2 is 2.04 bits per heavy atom. The van der Waals surface area contributed by atoms with Crippen LogP contribution in [0.5, 0.6) is 0 Å². The third-order valence-electron chi connectivity index (χ3n) is 4.51. The van der Waals surface area contributed by atoms with Gasteiger partial charge in [-0.1, -0.05) is 29.4 Å². The van der Waals surface area contributed by atoms with Crippen LogP contribution in [0.15, 0.2) is 28.7 Å². The monoisotopic (exact) mass is 434 g/mol. The van der Waals surface area contributed by atoms with Gasteiger partial charge in [0.05, 0.1) is 5.75 Å². The molecule has 0 unspecified atom stereocenters. The summed E-state index contributed by atoms with van der Waals surface area (Å²) in [4.78, 5) is 13.7. The molecule has 2 heterocycles. The highest BCUT2D eigenvalue weighted by molar-refractivity contribution is 7.99. The van der Waals surface area contributed by atoms with E-state index < -0.39 is 0 Å². The van der Waals surface area contributed by atoms with Crippen molar-refractivity contribution in [2.75, 3.05) is 11.1 Å². The van der Waals surface area contributed by atoms with Crippen molar-refractivity contribution in [3.05, 3.63) is 44.6 Å². The van der Waals surface area contributed by atoms with Gasteiger partial charge < -0.3 is 5.32 Å². The van der Waals surface area contributed by atoms with E-state index in [4.69, 9.17) is 11.6 Å². The maximum Gasteiger partial charge on any atom is 0.234 e. The Balaban J connectivity index is 1.76. The molecule has 0 fully saturated rings. The molecule has 1 N–H and O–H groups in total. The summed E-state index contributed by atoms with van der Waals surface area (Å²) in [5.74, 6) is 1.00. The van der Waals surface area contributed by atoms with Gasteiger partial charge in [0.15, 0.2) is 11.0 Å². The lowest BCUT2D eigenvalue weighted by molar-refractivity contribution is -0.113. The van der Waals surface area contributed by atoms with Crippen molar-refractivity contribution in [2.45, 2.75) is 45.8 Å². The number of anilines is 1. The first-order valence-electron chi connectivity index (χ1n) is 8.96. The van der Waals surface area contributed by atoms with Crippen molar-refractivity contribution in [1.29, 1.82) is 0 Å². The number of nitrogens with zero attached hydrogens (tertiary/aromatic N) is 3. The summed E-state index contributed by atoms with van der Waals surface area (Å²) < 4.78 is 2.09. The van der Waals surface area contributed by atoms with E-state index in [9.17, 15) is 4.79 Å². The highest BCUT2D eigenvalue weighted by Crippen LogP contribution is 2.33. The van der Waals surface area contributed by atoms with E-state index in [0.717, 1.165) is 27.8 Å². The molecule has 5 nitrogen and oxygen atoms in total. The summed E-state index contributed by atoms with van der Waals surface area (Å²) in [5, 5.41) is 15.2. The first kappa shape index (κ1) is 20.9. The average Bonchev–Trinajstić information content (AvgIpc) is 3.20. The molecule has 1 amide bonds. The SMILES string of the molecule is Cc1ccc(Cl)cc1NC(=O)CSc1nnc(-c2csc(C)c2C)n1C(C)C. The molecular weight excluding hydrogens is 412 g/mol. The van der Waals surface area contributed by atoms with Crippen molar-refractivity contribution in [2.24, 2.45) is 0 Å². The van der Waals surface area contributed by atoms with E-state index in [0.29, 0.717) is 5.02 Å². The minimum absolute atomic E-state index is 0.0993. The van der Waals surface area contributed by atoms with Gasteiger partial charge in [-0.05, 0) is 57.9 Å². The number of aryl methyl sites for hydroxylation is 2. The van der Waals surface area contributed by atoms with Crippen LogP contribution in [0.4, 0.5) is 5.69 Å². The number of aromatic nitrogens is 3. The van der Waals surface area contributed by atoms with Gasteiger partial charge in [-0.15, -0.1) is 21.5 Å². The second kappa shape index (κ2) is 8.68. The van der Waals surface area contributed by atoms with Crippen LogP contribution >= 0.6 is 34.7 Å². The molecule has 0 bridgehead atoms. The molecule has 3 aromatic rings. The maximum atomic E-state index is 12.4. The fourth-order valence-corrected chi connectivity index (χ4v) is 4.71. The molecule has 1 aromatic carbocycles. The van der Waals surface area contributed by atoms with E-state index in [1.165, 1.54) is 22.2 Å². The molecule has 0 aliphatic carbocycles. The second-order valence-electron chi connectivity index (χ2n) is 6.90. The van der Waals surface area contributed by atoms with Crippen molar-refractivity contribution >= 4 is 46.3 Å². The number of thiophene rings is 1. The molecule has 0 radical (unpaired) electrons. The normalized spacial score (nSPS) is 11.2. The van der Waals surface area contributed by atoms with Crippen LogP contribution in [0, 0.1) is 20.8 Å². The number of thioether (sulfide) groups is 1. The van der Waals surface area contributed by atoms with E-state index in [-0.39, 0.29) is 17.7 Å². The highest BCUT2D eigenvalue weighted by Gasteiger charge is 2.20. The Hall–Kier alpha value is -1.83. The molecule has 3 rings (SSSR count). The van der Waals surface area contributed by atoms with Gasteiger partial charge in [-0.2, -0.15) is 0 Å². The number of carbonyl (C=O) groups is 1. The number of halogens is 1. The fourth-order valence-electron chi connectivity index (χ4n) is 2.80. The third-order valence-corrected chi connectivity index (χ3v) is 6.71. The van der Waals surface area contributed by atoms with Gasteiger partial charge in [0.1, 0.15) is 0 Å². The fraction of sp³-hybridized carbons (Fsp3) is 0.350. The van der Waals surface area contributed by atoms with Crippen molar-refractivity contribution in [1.82, 2.24) is 14.8 Å². The Morgan fingerprint density at radius 1 is 1.29 bits per heavy atom. The van der Waals surface area contributed by atoms with E-state index in [1.54, 1.807) is 17.4 Å². The predicted molar refractivity (Wildman–Crippen MR) is 119 cm³/mol. The van der Waals surface area contributed by atoms with Crippen LogP contribution in [0.2, 0.25) is 5.02 Å². The highest BCUT2D eigenvalue weighted by atomic mass is 35.5. The molecular formula is C20H23ClN4OS2. The van der Waals surface area contributed by atoms with E-state index in [2.05, 4.69) is 53.2 Å². The summed E-state index contributed by atoms with van der Waals surface area (Å²) in [5.41, 5.74) is 4.03. The zero-order chi connectivity index (χ0) is 20.4. The zero-order valence-corrected chi connectivity index (χ0v) is 18.9. The van der Waals surface area contributed by atoms with Gasteiger partial charge >= 0.3 is 0 Å². The minimum Gasteiger partial charge on any atom is -0.325 e. The number of carbonyl (C=O) groups excluding carboxylic acids is 1. The number of amides is 1. The quantitative estimate of drug-likeness (QED) is 0.491. The molecule has 8 heteroatoms. The maximum absolute atomic E-state index is 12.4. The molecule has 0 aliphatic rings. The largest absolute Gasteiger partial charge is 0.325 e. The molecule has 148 valence electrons. The van der Waals surface area contributed by atoms with Crippen LogP contribution in [0.1, 0.15) is 35.9 Å². The summed E-state index contributed by atoms with van der Waals surface area (Å²) in [7, 11) is 0. The summed E-state index contributed by atoms with van der Waals surface area (Å²) in [6.07, 6.45) is 0. The Kier molecular flexibility index (Phi) is 6.47. The van der Waals surface area contributed by atoms with Crippen LogP contribution in [0.3, 0.4) is 0 Å². The first-order chi connectivity index (χ1) is 13.3. The average molecular weight is 435 g/mol. The molecule has 0 saturated heterocycles. The number of rotatable bonds is 6. The van der Waals surface area contributed by atoms with Gasteiger partial charge in [0.2, 0.25) is 5.91 Å². The summed E-state index contributed by atoms with van der Waals surface area (Å²) in [6, 6.07) is 5.64. The topological polar surface area (TPSA) is 59.8 Å². The van der Waals surface area contributed by atoms with Crippen LogP contribution in [-0.4, -0.2) is 26.4 Å². The summed E-state index contributed by atoms with van der Waals surface area (Å²) >= 11 is 9.13. The van der Waals surface area contributed by atoms with E-state index >= 15 is 0 Å². The molecule has 2 aromatic heterocycles. The standard InChI is InChI=1S/C20H23ClN4OS2/c1-11(2)25-19(16-9-27-14(5)13(16)4)23-24-20(25)28-10-18(26)22-17-8-15(21)7-6-12(17)3/h6-9,11H,10H2,1-5H3,(H,22,26). The molecule has 0 saturated carbocycles. The Bertz CT molecular complexity index is 1010. The van der Waals surface area contributed by atoms with Crippen molar-refractivity contribution in [3.8, 4) is 11.4 Å². The third kappa shape index (κ3) is 4.42. The van der Waals surface area contributed by atoms with E-state index in [1.807, 2.05) is 19.1 Å². The predicted octanol–water partition coefficient (Wildman–Crippen LogP) is 5.90. The Labute approximate surface area is 178 Å². The number of hydrogen-bond acceptors (Lipinski definition) is 5. The lowest BCUT2D eigenvalue weighted by Gasteiger charge is -2.14. The number of nitrogens with one attached hydrogen (secondary N) is 1. The molecule has 0 atom stereocenters. The second-order valence-corrected chi connectivity index (χ2v) is 9.36. The zero-order valence-electron chi connectivity index (χ0n) is 16.5. The van der Waals surface area contributed by atoms with Gasteiger partial charge in [-0.25, -0.2) is 0 Å². The van der Waals surface area contributed by atoms with Crippen LogP contribution < -0.4 is 5.32 Å². The van der Waals surface area contributed by atoms with Crippen LogP contribution in [-0.2, 0) is 4.79 Å². The van der Waals surface area contributed by atoms with Gasteiger partial charge in [-0.3, -0.25) is 9.36 Å². The number of benzene rings is 1. The van der Waals surface area contributed by atoms with Crippen LogP contribution in [0.25, 0.3) is 11.4 Å². The van der Waals surface area contributed by atoms with Gasteiger partial charge in [0, 0.05) is 32.6 Å². The first-order valence-corrected chi connectivity index (χ1v) is 11.2. The summed E-state index contributed by atoms with van der Waals surface area (Å²) in [6.45, 7) is 10.3. The lowest BCUT2D eigenvalue weighted by atomic mass is 10.1. The molecule has 0 spiro atoms. The number of hydrogen-bond donors (Lipinski definition) is 1. The van der Waals surface area contributed by atoms with Gasteiger partial charge in [0.25, 0.3) is 0 Å². The van der Waals surface area contributed by atoms with Crippen molar-refractivity contribution < 1.29 is 4.79 Å². The Morgan fingerprint density at radius 3 is 2.68 bits per heavy atom.